The number of aromatic nitrogens is 2. The van der Waals surface area contributed by atoms with E-state index in [0.29, 0.717) is 0 Å². The number of nitrogens with zero attached hydrogens (tertiary/aromatic N) is 2. The third-order valence-corrected chi connectivity index (χ3v) is 2.69. The van der Waals surface area contributed by atoms with Crippen LogP contribution in [0.4, 0.5) is 5.69 Å². The summed E-state index contributed by atoms with van der Waals surface area (Å²) in [5, 5.41) is 0. The molecule has 0 amide bonds. The first-order chi connectivity index (χ1) is 8.29. The summed E-state index contributed by atoms with van der Waals surface area (Å²) in [5.74, 6) is 0.755. The van der Waals surface area contributed by atoms with Crippen molar-refractivity contribution in [2.24, 2.45) is 0 Å². The van der Waals surface area contributed by atoms with E-state index in [-0.39, 0.29) is 0 Å². The van der Waals surface area contributed by atoms with Crippen LogP contribution in [-0.2, 0) is 6.42 Å². The molecule has 0 saturated carbocycles. The van der Waals surface area contributed by atoms with Gasteiger partial charge in [-0.1, -0.05) is 13.3 Å². The van der Waals surface area contributed by atoms with Gasteiger partial charge in [0.1, 0.15) is 0 Å². The van der Waals surface area contributed by atoms with Crippen LogP contribution < -0.4 is 5.73 Å². The van der Waals surface area contributed by atoms with Gasteiger partial charge >= 0.3 is 0 Å². The van der Waals surface area contributed by atoms with E-state index in [1.165, 1.54) is 18.4 Å². The molecule has 1 aromatic heterocycles. The lowest BCUT2D eigenvalue weighted by Crippen LogP contribution is -1.93. The minimum Gasteiger partial charge on any atom is -0.399 e. The van der Waals surface area contributed by atoms with Crippen LogP contribution in [0.5, 0.6) is 0 Å². The molecule has 0 fully saturated rings. The van der Waals surface area contributed by atoms with Crippen molar-refractivity contribution in [1.29, 1.82) is 0 Å². The van der Waals surface area contributed by atoms with Crippen molar-refractivity contribution in [2.75, 3.05) is 5.73 Å². The van der Waals surface area contributed by atoms with Gasteiger partial charge in [-0.2, -0.15) is 0 Å². The van der Waals surface area contributed by atoms with Crippen LogP contribution in [-0.4, -0.2) is 9.97 Å². The first-order valence-electron chi connectivity index (χ1n) is 5.96. The van der Waals surface area contributed by atoms with Crippen LogP contribution in [0.25, 0.3) is 11.4 Å². The second-order valence-corrected chi connectivity index (χ2v) is 4.14. The Kier molecular flexibility index (Phi) is 3.70. The van der Waals surface area contributed by atoms with E-state index in [2.05, 4.69) is 16.9 Å². The van der Waals surface area contributed by atoms with Crippen LogP contribution in [0.2, 0.25) is 0 Å². The van der Waals surface area contributed by atoms with Gasteiger partial charge in [-0.3, -0.25) is 0 Å². The van der Waals surface area contributed by atoms with Crippen molar-refractivity contribution in [2.45, 2.75) is 26.2 Å². The topological polar surface area (TPSA) is 51.8 Å². The minimum atomic E-state index is 0.755. The maximum atomic E-state index is 5.64. The number of benzene rings is 1. The number of nitrogens with two attached hydrogens (primary N) is 1. The van der Waals surface area contributed by atoms with E-state index >= 15 is 0 Å². The summed E-state index contributed by atoms with van der Waals surface area (Å²) in [5.41, 5.74) is 8.60. The summed E-state index contributed by atoms with van der Waals surface area (Å²) in [7, 11) is 0. The van der Waals surface area contributed by atoms with E-state index in [9.17, 15) is 0 Å². The van der Waals surface area contributed by atoms with E-state index in [1.54, 1.807) is 0 Å². The zero-order valence-electron chi connectivity index (χ0n) is 10.1. The Morgan fingerprint density at radius 2 is 1.71 bits per heavy atom. The predicted molar refractivity (Wildman–Crippen MR) is 70.5 cm³/mol. The molecule has 3 nitrogen and oxygen atoms in total. The molecule has 2 N–H and O–H groups in total. The molecular weight excluding hydrogens is 210 g/mol. The largest absolute Gasteiger partial charge is 0.399 e. The molecule has 88 valence electrons. The Morgan fingerprint density at radius 3 is 2.29 bits per heavy atom. The van der Waals surface area contributed by atoms with Crippen LogP contribution in [0.1, 0.15) is 25.3 Å². The normalized spacial score (nSPS) is 10.4. The molecule has 0 unspecified atom stereocenters. The predicted octanol–water partition coefficient (Wildman–Crippen LogP) is 3.07. The smallest absolute Gasteiger partial charge is 0.159 e. The Balaban J connectivity index is 2.14. The first kappa shape index (κ1) is 11.6. The maximum absolute atomic E-state index is 5.64. The van der Waals surface area contributed by atoms with Gasteiger partial charge in [0, 0.05) is 23.6 Å². The van der Waals surface area contributed by atoms with Crippen LogP contribution >= 0.6 is 0 Å². The zero-order chi connectivity index (χ0) is 12.1. The molecule has 0 atom stereocenters. The molecule has 1 aromatic carbocycles. The monoisotopic (exact) mass is 227 g/mol. The van der Waals surface area contributed by atoms with Gasteiger partial charge in [0.05, 0.1) is 0 Å². The highest BCUT2D eigenvalue weighted by atomic mass is 14.9. The van der Waals surface area contributed by atoms with E-state index < -0.39 is 0 Å². The number of nitrogen functional groups attached to an aromatic ring is 1. The van der Waals surface area contributed by atoms with Gasteiger partial charge in [-0.15, -0.1) is 0 Å². The molecule has 0 radical (unpaired) electrons. The molecule has 0 aliphatic heterocycles. The highest BCUT2D eigenvalue weighted by molar-refractivity contribution is 5.58. The van der Waals surface area contributed by atoms with Crippen molar-refractivity contribution in [3.63, 3.8) is 0 Å². The van der Waals surface area contributed by atoms with Gasteiger partial charge in [-0.25, -0.2) is 9.97 Å². The number of rotatable bonds is 4. The van der Waals surface area contributed by atoms with Crippen LogP contribution in [0, 0.1) is 0 Å². The molecule has 2 aromatic rings. The molecule has 0 spiro atoms. The average Bonchev–Trinajstić information content (AvgIpc) is 2.38. The van der Waals surface area contributed by atoms with Crippen molar-refractivity contribution in [3.8, 4) is 11.4 Å². The van der Waals surface area contributed by atoms with Gasteiger partial charge < -0.3 is 5.73 Å². The Bertz CT molecular complexity index is 460. The molecule has 0 bridgehead atoms. The lowest BCUT2D eigenvalue weighted by molar-refractivity contribution is 0.788. The number of unbranched alkanes of at least 4 members (excludes halogenated alkanes) is 1. The average molecular weight is 227 g/mol. The summed E-state index contributed by atoms with van der Waals surface area (Å²) >= 11 is 0. The number of hydrogen-bond donors (Lipinski definition) is 1. The third-order valence-electron chi connectivity index (χ3n) is 2.69. The molecule has 3 heteroatoms. The maximum Gasteiger partial charge on any atom is 0.159 e. The zero-order valence-corrected chi connectivity index (χ0v) is 10.1. The summed E-state index contributed by atoms with van der Waals surface area (Å²) in [6, 6.07) is 7.61. The van der Waals surface area contributed by atoms with Crippen LogP contribution in [0.3, 0.4) is 0 Å². The third kappa shape index (κ3) is 3.03. The Labute approximate surface area is 102 Å². The fourth-order valence-corrected chi connectivity index (χ4v) is 1.65. The lowest BCUT2D eigenvalue weighted by Gasteiger charge is -2.02. The first-order valence-corrected chi connectivity index (χ1v) is 5.96. The summed E-state index contributed by atoms with van der Waals surface area (Å²) in [6.45, 7) is 2.18. The second-order valence-electron chi connectivity index (χ2n) is 4.14. The van der Waals surface area contributed by atoms with Crippen LogP contribution in [0.15, 0.2) is 36.7 Å². The quantitative estimate of drug-likeness (QED) is 0.817. The Hall–Kier alpha value is -1.90. The molecule has 2 rings (SSSR count). The highest BCUT2D eigenvalue weighted by Crippen LogP contribution is 2.16. The van der Waals surface area contributed by atoms with Gasteiger partial charge in [0.2, 0.25) is 0 Å². The van der Waals surface area contributed by atoms with Gasteiger partial charge in [0.15, 0.2) is 5.82 Å². The molecule has 0 aliphatic carbocycles. The lowest BCUT2D eigenvalue weighted by atomic mass is 10.1. The molecular formula is C14H17N3. The van der Waals surface area contributed by atoms with Gasteiger partial charge in [-0.05, 0) is 42.7 Å². The van der Waals surface area contributed by atoms with Crippen molar-refractivity contribution in [3.05, 3.63) is 42.2 Å². The second kappa shape index (κ2) is 5.43. The fourth-order valence-electron chi connectivity index (χ4n) is 1.65. The summed E-state index contributed by atoms with van der Waals surface area (Å²) in [4.78, 5) is 8.76. The summed E-state index contributed by atoms with van der Waals surface area (Å²) in [6.07, 6.45) is 7.26. The SMILES string of the molecule is CCCCc1cnc(-c2ccc(N)cc2)nc1. The molecule has 1 heterocycles. The van der Waals surface area contributed by atoms with E-state index in [0.717, 1.165) is 23.5 Å². The fraction of sp³-hybridized carbons (Fsp3) is 0.286. The molecule has 0 aliphatic rings. The Morgan fingerprint density at radius 1 is 1.06 bits per heavy atom. The van der Waals surface area contributed by atoms with Crippen molar-refractivity contribution >= 4 is 5.69 Å². The number of hydrogen-bond acceptors (Lipinski definition) is 3. The van der Waals surface area contributed by atoms with Gasteiger partial charge in [0.25, 0.3) is 0 Å². The van der Waals surface area contributed by atoms with E-state index in [4.69, 9.17) is 5.73 Å². The highest BCUT2D eigenvalue weighted by Gasteiger charge is 2.01. The minimum absolute atomic E-state index is 0.755. The van der Waals surface area contributed by atoms with Crippen molar-refractivity contribution < 1.29 is 0 Å². The summed E-state index contributed by atoms with van der Waals surface area (Å²) < 4.78 is 0. The number of aryl methyl sites for hydroxylation is 1. The number of anilines is 1. The van der Waals surface area contributed by atoms with E-state index in [1.807, 2.05) is 36.7 Å². The molecule has 17 heavy (non-hydrogen) atoms. The van der Waals surface area contributed by atoms with Crippen molar-refractivity contribution in [1.82, 2.24) is 9.97 Å². The standard InChI is InChI=1S/C14H17N3/c1-2-3-4-11-9-16-14(17-10-11)12-5-7-13(15)8-6-12/h5-10H,2-4,15H2,1H3. The molecule has 0 saturated heterocycles.